The Bertz CT molecular complexity index is 690. The van der Waals surface area contributed by atoms with Gasteiger partial charge in [0.2, 0.25) is 0 Å². The molecule has 2 N–H and O–H groups in total. The Kier molecular flexibility index (Phi) is 3.27. The van der Waals surface area contributed by atoms with Crippen LogP contribution in [0.5, 0.6) is 0 Å². The maximum Gasteiger partial charge on any atom is 0.137 e. The maximum absolute atomic E-state index is 13.8. The zero-order valence-corrected chi connectivity index (χ0v) is 10.9. The first kappa shape index (κ1) is 12.3. The zero-order chi connectivity index (χ0) is 13.2. The van der Waals surface area contributed by atoms with Gasteiger partial charge in [0.15, 0.2) is 0 Å². The normalized spacial score (nSPS) is 11.1. The predicted molar refractivity (Wildman–Crippen MR) is 74.7 cm³/mol. The summed E-state index contributed by atoms with van der Waals surface area (Å²) in [5.41, 5.74) is 1.62. The third-order valence-corrected chi connectivity index (χ3v) is 3.89. The van der Waals surface area contributed by atoms with Gasteiger partial charge in [-0.15, -0.1) is 0 Å². The van der Waals surface area contributed by atoms with Crippen LogP contribution in [0.2, 0.25) is 0 Å². The number of hydrogen-bond donors (Lipinski definition) is 2. The number of hydrogen-bond acceptors (Lipinski definition) is 2. The second-order valence-corrected chi connectivity index (χ2v) is 5.33. The summed E-state index contributed by atoms with van der Waals surface area (Å²) >= 11 is 1.35. The van der Waals surface area contributed by atoms with Crippen LogP contribution in [0.25, 0.3) is 10.9 Å². The van der Waals surface area contributed by atoms with E-state index >= 15 is 0 Å². The van der Waals surface area contributed by atoms with E-state index in [0.717, 1.165) is 15.9 Å². The summed E-state index contributed by atoms with van der Waals surface area (Å²) in [6, 6.07) is 14.7. The van der Waals surface area contributed by atoms with E-state index in [1.807, 2.05) is 30.3 Å². The van der Waals surface area contributed by atoms with E-state index in [2.05, 4.69) is 4.98 Å². The number of aliphatic hydroxyl groups is 1. The minimum atomic E-state index is -0.310. The lowest BCUT2D eigenvalue weighted by atomic mass is 10.2. The Balaban J connectivity index is 1.92. The van der Waals surface area contributed by atoms with Crippen molar-refractivity contribution in [2.45, 2.75) is 16.5 Å². The van der Waals surface area contributed by atoms with Crippen LogP contribution in [0.15, 0.2) is 58.5 Å². The van der Waals surface area contributed by atoms with Crippen LogP contribution >= 0.6 is 11.8 Å². The van der Waals surface area contributed by atoms with Crippen molar-refractivity contribution in [1.29, 1.82) is 0 Å². The number of aromatic nitrogens is 1. The molecule has 0 aliphatic carbocycles. The van der Waals surface area contributed by atoms with Crippen molar-refractivity contribution in [3.8, 4) is 0 Å². The largest absolute Gasteiger partial charge is 0.392 e. The Morgan fingerprint density at radius 3 is 2.68 bits per heavy atom. The highest BCUT2D eigenvalue weighted by Gasteiger charge is 2.07. The molecule has 0 aliphatic rings. The van der Waals surface area contributed by atoms with Gasteiger partial charge >= 0.3 is 0 Å². The van der Waals surface area contributed by atoms with Gasteiger partial charge in [-0.3, -0.25) is 0 Å². The number of H-pyrrole nitrogens is 1. The van der Waals surface area contributed by atoms with E-state index in [1.165, 1.54) is 17.8 Å². The van der Waals surface area contributed by atoms with Crippen LogP contribution < -0.4 is 0 Å². The number of halogens is 1. The molecule has 0 fully saturated rings. The van der Waals surface area contributed by atoms with E-state index in [0.29, 0.717) is 10.5 Å². The van der Waals surface area contributed by atoms with Crippen molar-refractivity contribution >= 4 is 22.7 Å². The first-order valence-corrected chi connectivity index (χ1v) is 6.73. The average Bonchev–Trinajstić information content (AvgIpc) is 2.83. The minimum absolute atomic E-state index is 0.145. The third-order valence-electron chi connectivity index (χ3n) is 2.90. The number of nitrogens with one attached hydrogen (secondary N) is 1. The highest BCUT2D eigenvalue weighted by Crippen LogP contribution is 2.31. The molecule has 2 aromatic carbocycles. The van der Waals surface area contributed by atoms with Crippen molar-refractivity contribution in [3.05, 3.63) is 59.9 Å². The Morgan fingerprint density at radius 1 is 1.11 bits per heavy atom. The quantitative estimate of drug-likeness (QED) is 0.758. The fraction of sp³-hybridized carbons (Fsp3) is 0.0667. The molecule has 0 saturated carbocycles. The summed E-state index contributed by atoms with van der Waals surface area (Å²) in [5.74, 6) is -0.310. The Hall–Kier alpha value is -1.78. The molecule has 1 aromatic heterocycles. The fourth-order valence-electron chi connectivity index (χ4n) is 1.95. The molecule has 1 heterocycles. The highest BCUT2D eigenvalue weighted by molar-refractivity contribution is 7.99. The Labute approximate surface area is 114 Å². The van der Waals surface area contributed by atoms with Crippen molar-refractivity contribution in [1.82, 2.24) is 4.98 Å². The van der Waals surface area contributed by atoms with E-state index in [1.54, 1.807) is 12.1 Å². The maximum atomic E-state index is 13.8. The molecule has 3 aromatic rings. The van der Waals surface area contributed by atoms with Crippen LogP contribution in [0.4, 0.5) is 4.39 Å². The van der Waals surface area contributed by atoms with Crippen LogP contribution in [-0.2, 0) is 6.61 Å². The van der Waals surface area contributed by atoms with Gasteiger partial charge in [-0.25, -0.2) is 4.39 Å². The van der Waals surface area contributed by atoms with Crippen molar-refractivity contribution < 1.29 is 9.50 Å². The standard InChI is InChI=1S/C15H12FNOS/c16-12-7-10(9-18)5-6-14(12)19-15-8-11-3-1-2-4-13(11)17-15/h1-8,17-18H,9H2. The molecule has 0 atom stereocenters. The third kappa shape index (κ3) is 2.50. The van der Waals surface area contributed by atoms with Crippen LogP contribution in [-0.4, -0.2) is 10.1 Å². The van der Waals surface area contributed by atoms with Gasteiger partial charge in [0, 0.05) is 15.8 Å². The predicted octanol–water partition coefficient (Wildman–Crippen LogP) is 3.95. The molecule has 4 heteroatoms. The molecule has 19 heavy (non-hydrogen) atoms. The number of benzene rings is 2. The molecule has 96 valence electrons. The lowest BCUT2D eigenvalue weighted by Gasteiger charge is -2.03. The van der Waals surface area contributed by atoms with Crippen LogP contribution in [0, 0.1) is 5.82 Å². The second-order valence-electron chi connectivity index (χ2n) is 4.25. The monoisotopic (exact) mass is 273 g/mol. The van der Waals surface area contributed by atoms with Gasteiger partial charge in [0.05, 0.1) is 11.6 Å². The van der Waals surface area contributed by atoms with Gasteiger partial charge < -0.3 is 10.1 Å². The summed E-state index contributed by atoms with van der Waals surface area (Å²) in [4.78, 5) is 3.79. The molecule has 0 unspecified atom stereocenters. The van der Waals surface area contributed by atoms with E-state index in [-0.39, 0.29) is 12.4 Å². The van der Waals surface area contributed by atoms with E-state index < -0.39 is 0 Å². The SMILES string of the molecule is OCc1ccc(Sc2cc3ccccc3[nH]2)c(F)c1. The van der Waals surface area contributed by atoms with Crippen LogP contribution in [0.1, 0.15) is 5.56 Å². The molecular weight excluding hydrogens is 261 g/mol. The first-order valence-electron chi connectivity index (χ1n) is 5.91. The van der Waals surface area contributed by atoms with Gasteiger partial charge in [0.25, 0.3) is 0 Å². The van der Waals surface area contributed by atoms with Gasteiger partial charge in [0.1, 0.15) is 5.82 Å². The molecule has 0 radical (unpaired) electrons. The van der Waals surface area contributed by atoms with Crippen molar-refractivity contribution in [2.24, 2.45) is 0 Å². The lowest BCUT2D eigenvalue weighted by Crippen LogP contribution is -1.87. The summed E-state index contributed by atoms with van der Waals surface area (Å²) in [7, 11) is 0. The first-order chi connectivity index (χ1) is 9.26. The van der Waals surface area contributed by atoms with Gasteiger partial charge in [-0.1, -0.05) is 36.0 Å². The average molecular weight is 273 g/mol. The Morgan fingerprint density at radius 2 is 1.95 bits per heavy atom. The highest BCUT2D eigenvalue weighted by atomic mass is 32.2. The minimum Gasteiger partial charge on any atom is -0.392 e. The molecule has 0 bridgehead atoms. The fourth-order valence-corrected chi connectivity index (χ4v) is 2.82. The second kappa shape index (κ2) is 5.07. The number of para-hydroxylation sites is 1. The molecule has 0 saturated heterocycles. The number of rotatable bonds is 3. The summed E-state index contributed by atoms with van der Waals surface area (Å²) in [6.07, 6.45) is 0. The molecule has 0 spiro atoms. The summed E-state index contributed by atoms with van der Waals surface area (Å²) in [5, 5.41) is 11.0. The smallest absolute Gasteiger partial charge is 0.137 e. The van der Waals surface area contributed by atoms with Crippen molar-refractivity contribution in [3.63, 3.8) is 0 Å². The molecule has 0 amide bonds. The zero-order valence-electron chi connectivity index (χ0n) is 10.1. The van der Waals surface area contributed by atoms with Crippen LogP contribution in [0.3, 0.4) is 0 Å². The van der Waals surface area contributed by atoms with Gasteiger partial charge in [-0.2, -0.15) is 0 Å². The van der Waals surface area contributed by atoms with Gasteiger partial charge in [-0.05, 0) is 29.8 Å². The topological polar surface area (TPSA) is 36.0 Å². The summed E-state index contributed by atoms with van der Waals surface area (Å²) < 4.78 is 13.8. The number of fused-ring (bicyclic) bond motifs is 1. The molecule has 0 aliphatic heterocycles. The van der Waals surface area contributed by atoms with E-state index in [4.69, 9.17) is 5.11 Å². The number of aliphatic hydroxyl groups excluding tert-OH is 1. The molecular formula is C15H12FNOS. The molecule has 2 nitrogen and oxygen atoms in total. The summed E-state index contributed by atoms with van der Waals surface area (Å²) in [6.45, 7) is -0.145. The van der Waals surface area contributed by atoms with E-state index in [9.17, 15) is 4.39 Å². The molecule has 3 rings (SSSR count). The number of aromatic amines is 1. The lowest BCUT2D eigenvalue weighted by molar-refractivity contribution is 0.281. The van der Waals surface area contributed by atoms with Crippen molar-refractivity contribution in [2.75, 3.05) is 0 Å².